The summed E-state index contributed by atoms with van der Waals surface area (Å²) in [5, 5.41) is 2.92. The van der Waals surface area contributed by atoms with Crippen LogP contribution in [0.1, 0.15) is 22.9 Å². The molecule has 0 radical (unpaired) electrons. The van der Waals surface area contributed by atoms with Gasteiger partial charge in [-0.1, -0.05) is 35.9 Å². The number of nitrogens with one attached hydrogen (secondary N) is 1. The summed E-state index contributed by atoms with van der Waals surface area (Å²) in [7, 11) is 0. The number of fused-ring (bicyclic) bond motifs is 1. The molecule has 0 saturated carbocycles. The SMILES string of the molecule is CC(=O)N1Cc2ccccc2C[C@@H]1C(=O)NCc1ccc(Cl)s1. The first-order valence-electron chi connectivity index (χ1n) is 7.40. The lowest BCUT2D eigenvalue weighted by Gasteiger charge is -2.35. The molecule has 120 valence electrons. The number of nitrogens with zero attached hydrogens (tertiary/aromatic N) is 1. The van der Waals surface area contributed by atoms with Gasteiger partial charge < -0.3 is 10.2 Å². The smallest absolute Gasteiger partial charge is 0.243 e. The van der Waals surface area contributed by atoms with Crippen LogP contribution in [0.5, 0.6) is 0 Å². The van der Waals surface area contributed by atoms with E-state index in [4.69, 9.17) is 11.6 Å². The van der Waals surface area contributed by atoms with E-state index in [1.54, 1.807) is 4.90 Å². The highest BCUT2D eigenvalue weighted by Gasteiger charge is 2.32. The third-order valence-corrected chi connectivity index (χ3v) is 5.25. The van der Waals surface area contributed by atoms with Crippen molar-refractivity contribution >= 4 is 34.8 Å². The van der Waals surface area contributed by atoms with E-state index in [9.17, 15) is 9.59 Å². The molecule has 2 aromatic rings. The van der Waals surface area contributed by atoms with Gasteiger partial charge in [-0.3, -0.25) is 9.59 Å². The minimum atomic E-state index is -0.460. The summed E-state index contributed by atoms with van der Waals surface area (Å²) in [6.45, 7) is 2.42. The predicted molar refractivity (Wildman–Crippen MR) is 91.3 cm³/mol. The molecule has 0 aliphatic carbocycles. The minimum absolute atomic E-state index is 0.0844. The van der Waals surface area contributed by atoms with Crippen molar-refractivity contribution in [3.63, 3.8) is 0 Å². The Hall–Kier alpha value is -1.85. The Bertz CT molecular complexity index is 744. The van der Waals surface area contributed by atoms with Crippen LogP contribution in [0, 0.1) is 0 Å². The molecule has 0 bridgehead atoms. The number of hydrogen-bond acceptors (Lipinski definition) is 3. The van der Waals surface area contributed by atoms with E-state index in [1.807, 2.05) is 36.4 Å². The van der Waals surface area contributed by atoms with Gasteiger partial charge in [-0.05, 0) is 23.3 Å². The van der Waals surface area contributed by atoms with Crippen molar-refractivity contribution in [3.8, 4) is 0 Å². The van der Waals surface area contributed by atoms with E-state index in [-0.39, 0.29) is 11.8 Å². The van der Waals surface area contributed by atoms with E-state index in [0.29, 0.717) is 23.8 Å². The van der Waals surface area contributed by atoms with Crippen LogP contribution in [0.25, 0.3) is 0 Å². The van der Waals surface area contributed by atoms with Gasteiger partial charge in [0.05, 0.1) is 10.9 Å². The molecule has 23 heavy (non-hydrogen) atoms. The first-order valence-corrected chi connectivity index (χ1v) is 8.60. The highest BCUT2D eigenvalue weighted by Crippen LogP contribution is 2.24. The maximum absolute atomic E-state index is 12.6. The zero-order valence-corrected chi connectivity index (χ0v) is 14.3. The van der Waals surface area contributed by atoms with Crippen molar-refractivity contribution in [2.24, 2.45) is 0 Å². The summed E-state index contributed by atoms with van der Waals surface area (Å²) in [5.74, 6) is -0.210. The summed E-state index contributed by atoms with van der Waals surface area (Å²) in [4.78, 5) is 27.1. The summed E-state index contributed by atoms with van der Waals surface area (Å²) >= 11 is 7.34. The fraction of sp³-hybridized carbons (Fsp3) is 0.294. The molecular formula is C17H17ClN2O2S. The summed E-state index contributed by atoms with van der Waals surface area (Å²) in [6.07, 6.45) is 0.548. The molecule has 2 heterocycles. The molecule has 4 nitrogen and oxygen atoms in total. The van der Waals surface area contributed by atoms with Crippen LogP contribution < -0.4 is 5.32 Å². The monoisotopic (exact) mass is 348 g/mol. The van der Waals surface area contributed by atoms with Gasteiger partial charge in [0.15, 0.2) is 0 Å². The van der Waals surface area contributed by atoms with E-state index in [1.165, 1.54) is 18.3 Å². The zero-order chi connectivity index (χ0) is 16.4. The van der Waals surface area contributed by atoms with E-state index >= 15 is 0 Å². The predicted octanol–water partition coefficient (Wildman–Crippen LogP) is 2.99. The van der Waals surface area contributed by atoms with Crippen LogP contribution in [-0.4, -0.2) is 22.8 Å². The first kappa shape index (κ1) is 16.0. The molecular weight excluding hydrogens is 332 g/mol. The van der Waals surface area contributed by atoms with Gasteiger partial charge in [-0.25, -0.2) is 0 Å². The van der Waals surface area contributed by atoms with Gasteiger partial charge in [0.25, 0.3) is 0 Å². The van der Waals surface area contributed by atoms with Gasteiger partial charge in [0.2, 0.25) is 11.8 Å². The largest absolute Gasteiger partial charge is 0.349 e. The topological polar surface area (TPSA) is 49.4 Å². The summed E-state index contributed by atoms with van der Waals surface area (Å²) in [6, 6.07) is 11.2. The zero-order valence-electron chi connectivity index (χ0n) is 12.7. The number of benzene rings is 1. The highest BCUT2D eigenvalue weighted by molar-refractivity contribution is 7.16. The number of carbonyl (C=O) groups is 2. The highest BCUT2D eigenvalue weighted by atomic mass is 35.5. The average Bonchev–Trinajstić information content (AvgIpc) is 2.96. The van der Waals surface area contributed by atoms with Gasteiger partial charge in [0.1, 0.15) is 6.04 Å². The number of rotatable bonds is 3. The number of thiophene rings is 1. The Balaban J connectivity index is 1.73. The van der Waals surface area contributed by atoms with Crippen LogP contribution in [0.15, 0.2) is 36.4 Å². The molecule has 0 saturated heterocycles. The van der Waals surface area contributed by atoms with Crippen molar-refractivity contribution in [2.75, 3.05) is 0 Å². The molecule has 1 aromatic carbocycles. The van der Waals surface area contributed by atoms with Gasteiger partial charge in [-0.2, -0.15) is 0 Å². The quantitative estimate of drug-likeness (QED) is 0.927. The van der Waals surface area contributed by atoms with E-state index in [2.05, 4.69) is 5.32 Å². The molecule has 1 aliphatic rings. The van der Waals surface area contributed by atoms with Gasteiger partial charge >= 0.3 is 0 Å². The van der Waals surface area contributed by atoms with E-state index in [0.717, 1.165) is 16.0 Å². The van der Waals surface area contributed by atoms with Crippen molar-refractivity contribution < 1.29 is 9.59 Å². The standard InChI is InChI=1S/C17H17ClN2O2S/c1-11(21)20-10-13-5-3-2-4-12(13)8-15(20)17(22)19-9-14-6-7-16(18)23-14/h2-7,15H,8-10H2,1H3,(H,19,22)/t15-/m1/s1. The molecule has 1 aliphatic heterocycles. The average molecular weight is 349 g/mol. The second kappa shape index (κ2) is 6.72. The van der Waals surface area contributed by atoms with E-state index < -0.39 is 6.04 Å². The maximum atomic E-state index is 12.6. The Kier molecular flexibility index (Phi) is 4.68. The third-order valence-electron chi connectivity index (χ3n) is 4.02. The lowest BCUT2D eigenvalue weighted by atomic mass is 9.93. The van der Waals surface area contributed by atoms with Gasteiger partial charge in [0, 0.05) is 24.8 Å². The lowest BCUT2D eigenvalue weighted by Crippen LogP contribution is -2.51. The molecule has 0 unspecified atom stereocenters. The van der Waals surface area contributed by atoms with Crippen molar-refractivity contribution in [3.05, 3.63) is 56.7 Å². The number of carbonyl (C=O) groups excluding carboxylic acids is 2. The Labute approximate surface area is 144 Å². The molecule has 6 heteroatoms. The normalized spacial score (nSPS) is 16.8. The number of halogens is 1. The first-order chi connectivity index (χ1) is 11.0. The summed E-state index contributed by atoms with van der Waals surface area (Å²) < 4.78 is 0.700. The molecule has 1 aromatic heterocycles. The number of amides is 2. The Morgan fingerprint density at radius 3 is 2.65 bits per heavy atom. The van der Waals surface area contributed by atoms with Crippen LogP contribution in [-0.2, 0) is 29.1 Å². The molecule has 0 spiro atoms. The van der Waals surface area contributed by atoms with Crippen LogP contribution in [0.3, 0.4) is 0 Å². The molecule has 3 rings (SSSR count). The minimum Gasteiger partial charge on any atom is -0.349 e. The number of hydrogen-bond donors (Lipinski definition) is 1. The summed E-state index contributed by atoms with van der Waals surface area (Å²) in [5.41, 5.74) is 2.24. The molecule has 2 amide bonds. The second-order valence-electron chi connectivity index (χ2n) is 5.56. The Morgan fingerprint density at radius 1 is 1.26 bits per heavy atom. The lowest BCUT2D eigenvalue weighted by molar-refractivity contribution is -0.140. The second-order valence-corrected chi connectivity index (χ2v) is 7.36. The van der Waals surface area contributed by atoms with Crippen molar-refractivity contribution in [1.82, 2.24) is 10.2 Å². The fourth-order valence-corrected chi connectivity index (χ4v) is 3.85. The fourth-order valence-electron chi connectivity index (χ4n) is 2.83. The Morgan fingerprint density at radius 2 is 2.00 bits per heavy atom. The van der Waals surface area contributed by atoms with Crippen molar-refractivity contribution in [2.45, 2.75) is 32.5 Å². The third kappa shape index (κ3) is 3.57. The van der Waals surface area contributed by atoms with Crippen LogP contribution in [0.4, 0.5) is 0 Å². The van der Waals surface area contributed by atoms with Crippen LogP contribution in [0.2, 0.25) is 4.34 Å². The van der Waals surface area contributed by atoms with Crippen molar-refractivity contribution in [1.29, 1.82) is 0 Å². The molecule has 1 N–H and O–H groups in total. The molecule has 1 atom stereocenters. The van der Waals surface area contributed by atoms with Crippen LogP contribution >= 0.6 is 22.9 Å². The molecule has 0 fully saturated rings. The maximum Gasteiger partial charge on any atom is 0.243 e. The van der Waals surface area contributed by atoms with Gasteiger partial charge in [-0.15, -0.1) is 11.3 Å².